The molecule has 2 N–H and O–H groups in total. The molecule has 1 aliphatic carbocycles. The highest BCUT2D eigenvalue weighted by molar-refractivity contribution is 7.89. The third kappa shape index (κ3) is 4.65. The van der Waals surface area contributed by atoms with Gasteiger partial charge in [0.05, 0.1) is 16.9 Å². The molecule has 3 rings (SSSR count). The predicted molar refractivity (Wildman–Crippen MR) is 104 cm³/mol. The van der Waals surface area contributed by atoms with Crippen LogP contribution in [0.2, 0.25) is 5.02 Å². The van der Waals surface area contributed by atoms with Gasteiger partial charge in [-0.25, -0.2) is 8.42 Å². The summed E-state index contributed by atoms with van der Waals surface area (Å²) in [6.45, 7) is 2.30. The number of halogens is 1. The third-order valence-electron chi connectivity index (χ3n) is 5.63. The molecule has 27 heavy (non-hydrogen) atoms. The van der Waals surface area contributed by atoms with Gasteiger partial charge in [-0.2, -0.15) is 4.31 Å². The summed E-state index contributed by atoms with van der Waals surface area (Å²) in [7, 11) is -3.69. The number of hydrogen-bond donors (Lipinski definition) is 2. The Morgan fingerprint density at radius 2 is 1.93 bits per heavy atom. The van der Waals surface area contributed by atoms with Gasteiger partial charge in [0, 0.05) is 24.2 Å². The van der Waals surface area contributed by atoms with Gasteiger partial charge in [0.2, 0.25) is 15.9 Å². The second-order valence-electron chi connectivity index (χ2n) is 7.58. The van der Waals surface area contributed by atoms with Gasteiger partial charge in [-0.05, 0) is 63.1 Å². The topological polar surface area (TPSA) is 86.7 Å². The number of hydrogen-bond acceptors (Lipinski definition) is 4. The average molecular weight is 415 g/mol. The fraction of sp³-hybridized carbons (Fsp3) is 0.632. The van der Waals surface area contributed by atoms with Crippen molar-refractivity contribution in [3.63, 3.8) is 0 Å². The molecule has 1 aromatic carbocycles. The van der Waals surface area contributed by atoms with Crippen molar-refractivity contribution < 1.29 is 18.3 Å². The summed E-state index contributed by atoms with van der Waals surface area (Å²) in [5.74, 6) is -0.432. The molecule has 1 heterocycles. The number of aliphatic hydroxyl groups excluding tert-OH is 1. The van der Waals surface area contributed by atoms with E-state index >= 15 is 0 Å². The van der Waals surface area contributed by atoms with Gasteiger partial charge >= 0.3 is 0 Å². The molecule has 0 unspecified atom stereocenters. The lowest BCUT2D eigenvalue weighted by Gasteiger charge is -2.33. The number of nitrogens with one attached hydrogen (secondary N) is 1. The van der Waals surface area contributed by atoms with Crippen LogP contribution in [0.25, 0.3) is 0 Å². The van der Waals surface area contributed by atoms with Crippen LogP contribution in [0.1, 0.15) is 44.1 Å². The highest BCUT2D eigenvalue weighted by Gasteiger charge is 2.35. The predicted octanol–water partition coefficient (Wildman–Crippen LogP) is 2.47. The third-order valence-corrected chi connectivity index (χ3v) is 8.05. The van der Waals surface area contributed by atoms with Crippen molar-refractivity contribution in [2.75, 3.05) is 13.1 Å². The number of sulfonamides is 1. The number of carbonyl (C=O) groups is 1. The minimum Gasteiger partial charge on any atom is -0.393 e. The Morgan fingerprint density at radius 3 is 2.63 bits per heavy atom. The molecule has 2 aliphatic rings. The van der Waals surface area contributed by atoms with Gasteiger partial charge < -0.3 is 10.4 Å². The fourth-order valence-corrected chi connectivity index (χ4v) is 5.92. The zero-order valence-electron chi connectivity index (χ0n) is 15.5. The van der Waals surface area contributed by atoms with Crippen molar-refractivity contribution in [2.24, 2.45) is 5.92 Å². The maximum atomic E-state index is 13.1. The Labute approximate surface area is 165 Å². The molecule has 1 saturated carbocycles. The summed E-state index contributed by atoms with van der Waals surface area (Å²) >= 11 is 6.09. The van der Waals surface area contributed by atoms with E-state index in [4.69, 9.17) is 11.6 Å². The van der Waals surface area contributed by atoms with Crippen molar-refractivity contribution in [2.45, 2.75) is 62.5 Å². The smallest absolute Gasteiger partial charge is 0.243 e. The molecule has 8 heteroatoms. The van der Waals surface area contributed by atoms with Crippen LogP contribution in [0, 0.1) is 12.8 Å². The van der Waals surface area contributed by atoms with Crippen molar-refractivity contribution in [3.05, 3.63) is 28.8 Å². The number of carbonyl (C=O) groups excluding carboxylic acids is 1. The van der Waals surface area contributed by atoms with Gasteiger partial charge in [-0.15, -0.1) is 0 Å². The number of aliphatic hydroxyl groups is 1. The molecule has 1 atom stereocenters. The van der Waals surface area contributed by atoms with Crippen molar-refractivity contribution >= 4 is 27.5 Å². The van der Waals surface area contributed by atoms with E-state index in [0.29, 0.717) is 42.8 Å². The molecule has 0 bridgehead atoms. The van der Waals surface area contributed by atoms with E-state index in [1.54, 1.807) is 25.1 Å². The maximum absolute atomic E-state index is 13.1. The van der Waals surface area contributed by atoms with Gasteiger partial charge in [0.15, 0.2) is 0 Å². The number of amides is 1. The Balaban J connectivity index is 1.68. The molecule has 1 aromatic rings. The van der Waals surface area contributed by atoms with Gasteiger partial charge in [-0.1, -0.05) is 17.7 Å². The van der Waals surface area contributed by atoms with E-state index in [9.17, 15) is 18.3 Å². The average Bonchev–Trinajstić information content (AvgIpc) is 2.65. The van der Waals surface area contributed by atoms with Crippen molar-refractivity contribution in [1.29, 1.82) is 0 Å². The lowest BCUT2D eigenvalue weighted by atomic mass is 9.92. The molecule has 1 aliphatic heterocycles. The van der Waals surface area contributed by atoms with Gasteiger partial charge in [0.1, 0.15) is 0 Å². The van der Waals surface area contributed by atoms with E-state index < -0.39 is 10.0 Å². The number of benzene rings is 1. The SMILES string of the molecule is Cc1c(Cl)cccc1S(=O)(=O)N1CCC[C@H](C(=O)N[C@H]2CC[C@@H](O)CC2)C1. The molecule has 0 aromatic heterocycles. The van der Waals surface area contributed by atoms with Gasteiger partial charge in [0.25, 0.3) is 0 Å². The number of nitrogens with zero attached hydrogens (tertiary/aromatic N) is 1. The van der Waals surface area contributed by atoms with Crippen LogP contribution in [0.4, 0.5) is 0 Å². The van der Waals surface area contributed by atoms with Crippen LogP contribution in [-0.2, 0) is 14.8 Å². The summed E-state index contributed by atoms with van der Waals surface area (Å²) in [6, 6.07) is 4.94. The first-order chi connectivity index (χ1) is 12.8. The quantitative estimate of drug-likeness (QED) is 0.792. The Morgan fingerprint density at radius 1 is 1.22 bits per heavy atom. The first-order valence-corrected chi connectivity index (χ1v) is 11.3. The van der Waals surface area contributed by atoms with Crippen LogP contribution in [0.3, 0.4) is 0 Å². The number of piperidine rings is 1. The molecule has 0 radical (unpaired) electrons. The second kappa shape index (κ2) is 8.47. The van der Waals surface area contributed by atoms with Crippen LogP contribution >= 0.6 is 11.6 Å². The Hall–Kier alpha value is -1.15. The lowest BCUT2D eigenvalue weighted by Crippen LogP contribution is -2.48. The summed E-state index contributed by atoms with van der Waals surface area (Å²) < 4.78 is 27.5. The van der Waals surface area contributed by atoms with E-state index in [1.807, 2.05) is 0 Å². The van der Waals surface area contributed by atoms with E-state index in [0.717, 1.165) is 12.8 Å². The zero-order chi connectivity index (χ0) is 19.6. The van der Waals surface area contributed by atoms with E-state index in [1.165, 1.54) is 4.31 Å². The number of rotatable bonds is 4. The normalized spacial score (nSPS) is 27.3. The summed E-state index contributed by atoms with van der Waals surface area (Å²) in [4.78, 5) is 12.9. The molecule has 1 saturated heterocycles. The summed E-state index contributed by atoms with van der Waals surface area (Å²) in [5, 5.41) is 13.1. The first kappa shape index (κ1) is 20.6. The molecular weight excluding hydrogens is 388 g/mol. The van der Waals surface area contributed by atoms with Crippen molar-refractivity contribution in [1.82, 2.24) is 9.62 Å². The lowest BCUT2D eigenvalue weighted by molar-refractivity contribution is -0.127. The Bertz CT molecular complexity index is 791. The largest absolute Gasteiger partial charge is 0.393 e. The molecule has 2 fully saturated rings. The molecular formula is C19H27ClN2O4S. The van der Waals surface area contributed by atoms with Crippen molar-refractivity contribution in [3.8, 4) is 0 Å². The fourth-order valence-electron chi connectivity index (χ4n) is 3.92. The van der Waals surface area contributed by atoms with Crippen LogP contribution < -0.4 is 5.32 Å². The monoisotopic (exact) mass is 414 g/mol. The molecule has 6 nitrogen and oxygen atoms in total. The summed E-state index contributed by atoms with van der Waals surface area (Å²) in [5.41, 5.74) is 0.534. The minimum absolute atomic E-state index is 0.0723. The van der Waals surface area contributed by atoms with Crippen LogP contribution in [0.5, 0.6) is 0 Å². The van der Waals surface area contributed by atoms with Gasteiger partial charge in [-0.3, -0.25) is 4.79 Å². The zero-order valence-corrected chi connectivity index (χ0v) is 17.1. The maximum Gasteiger partial charge on any atom is 0.243 e. The first-order valence-electron chi connectivity index (χ1n) is 9.52. The summed E-state index contributed by atoms with van der Waals surface area (Å²) in [6.07, 6.45) is 4.00. The van der Waals surface area contributed by atoms with E-state index in [-0.39, 0.29) is 35.4 Å². The van der Waals surface area contributed by atoms with E-state index in [2.05, 4.69) is 5.32 Å². The highest BCUT2D eigenvalue weighted by Crippen LogP contribution is 2.29. The molecule has 150 valence electrons. The molecule has 1 amide bonds. The Kier molecular flexibility index (Phi) is 6.46. The minimum atomic E-state index is -3.69. The molecule has 0 spiro atoms. The second-order valence-corrected chi connectivity index (χ2v) is 9.89. The standard InChI is InChI=1S/C19H27ClN2O4S/c1-13-17(20)5-2-6-18(13)27(25,26)22-11-3-4-14(12-22)19(24)21-15-7-9-16(23)10-8-15/h2,5-6,14-16,23H,3-4,7-12H2,1H3,(H,21,24)/t14-,15-,16+/m0/s1. The van der Waals surface area contributed by atoms with Crippen LogP contribution in [-0.4, -0.2) is 49.0 Å². The highest BCUT2D eigenvalue weighted by atomic mass is 35.5. The van der Waals surface area contributed by atoms with Crippen LogP contribution in [0.15, 0.2) is 23.1 Å².